The van der Waals surface area contributed by atoms with E-state index < -0.39 is 11.9 Å². The van der Waals surface area contributed by atoms with Gasteiger partial charge in [0.05, 0.1) is 32.8 Å². The number of hydrogen-bond donors (Lipinski definition) is 1. The lowest BCUT2D eigenvalue weighted by Gasteiger charge is -2.10. The maximum Gasteiger partial charge on any atom is 0.338 e. The minimum absolute atomic E-state index is 0.0741. The topological polar surface area (TPSA) is 64.6 Å². The standard InChI is InChI=1S/C17H14Cl3NO4/c1-24-8-9-25-17(23)10-2-4-11(5-3-10)21-16(22)14-12(18)6-7-13(19)15(14)20/h2-7H,8-9H2,1H3,(H,21,22). The molecule has 0 aliphatic heterocycles. The Balaban J connectivity index is 2.08. The molecule has 0 aliphatic carbocycles. The van der Waals surface area contributed by atoms with Crippen LogP contribution in [0.15, 0.2) is 36.4 Å². The summed E-state index contributed by atoms with van der Waals surface area (Å²) in [5.74, 6) is -0.983. The summed E-state index contributed by atoms with van der Waals surface area (Å²) in [5, 5.41) is 3.13. The number of rotatable bonds is 6. The van der Waals surface area contributed by atoms with Crippen molar-refractivity contribution in [1.29, 1.82) is 0 Å². The van der Waals surface area contributed by atoms with Gasteiger partial charge in [0.1, 0.15) is 6.61 Å². The Bertz CT molecular complexity index is 778. The first kappa shape index (κ1) is 19.5. The number of hydrogen-bond acceptors (Lipinski definition) is 4. The van der Waals surface area contributed by atoms with E-state index >= 15 is 0 Å². The first-order chi connectivity index (χ1) is 11.9. The number of methoxy groups -OCH3 is 1. The van der Waals surface area contributed by atoms with Crippen molar-refractivity contribution in [1.82, 2.24) is 0 Å². The molecule has 0 heterocycles. The van der Waals surface area contributed by atoms with E-state index in [1.807, 2.05) is 0 Å². The van der Waals surface area contributed by atoms with E-state index in [4.69, 9.17) is 44.3 Å². The number of amides is 1. The highest BCUT2D eigenvalue weighted by Crippen LogP contribution is 2.31. The van der Waals surface area contributed by atoms with Gasteiger partial charge in [-0.2, -0.15) is 0 Å². The van der Waals surface area contributed by atoms with Crippen LogP contribution in [0.1, 0.15) is 20.7 Å². The van der Waals surface area contributed by atoms with Crippen molar-refractivity contribution >= 4 is 52.4 Å². The lowest BCUT2D eigenvalue weighted by atomic mass is 10.1. The molecule has 0 saturated carbocycles. The zero-order valence-electron chi connectivity index (χ0n) is 13.1. The molecule has 0 aromatic heterocycles. The van der Waals surface area contributed by atoms with Crippen molar-refractivity contribution < 1.29 is 19.1 Å². The Morgan fingerprint density at radius 2 is 1.60 bits per heavy atom. The molecular weight excluding hydrogens is 389 g/mol. The number of esters is 1. The van der Waals surface area contributed by atoms with Crippen molar-refractivity contribution in [2.45, 2.75) is 0 Å². The van der Waals surface area contributed by atoms with Crippen LogP contribution in [0.2, 0.25) is 15.1 Å². The van der Waals surface area contributed by atoms with E-state index in [-0.39, 0.29) is 27.2 Å². The van der Waals surface area contributed by atoms with Crippen molar-refractivity contribution in [2.75, 3.05) is 25.6 Å². The van der Waals surface area contributed by atoms with Crippen molar-refractivity contribution in [3.8, 4) is 0 Å². The number of nitrogens with one attached hydrogen (secondary N) is 1. The smallest absolute Gasteiger partial charge is 0.338 e. The summed E-state index contributed by atoms with van der Waals surface area (Å²) in [4.78, 5) is 24.1. The maximum atomic E-state index is 12.4. The SMILES string of the molecule is COCCOC(=O)c1ccc(NC(=O)c2c(Cl)ccc(Cl)c2Cl)cc1. The quantitative estimate of drug-likeness (QED) is 0.432. The van der Waals surface area contributed by atoms with E-state index in [0.29, 0.717) is 17.9 Å². The summed E-state index contributed by atoms with van der Waals surface area (Å²) in [6.45, 7) is 0.487. The molecule has 8 heteroatoms. The molecule has 1 N–H and O–H groups in total. The lowest BCUT2D eigenvalue weighted by molar-refractivity contribution is 0.0388. The first-order valence-electron chi connectivity index (χ1n) is 7.15. The zero-order chi connectivity index (χ0) is 18.4. The summed E-state index contributed by atoms with van der Waals surface area (Å²) in [7, 11) is 1.52. The number of carbonyl (C=O) groups excluding carboxylic acids is 2. The third kappa shape index (κ3) is 5.09. The molecule has 0 fully saturated rings. The second-order valence-corrected chi connectivity index (χ2v) is 6.07. The molecule has 2 rings (SSSR count). The highest BCUT2D eigenvalue weighted by atomic mass is 35.5. The van der Waals surface area contributed by atoms with Crippen LogP contribution in [0.25, 0.3) is 0 Å². The molecule has 0 atom stereocenters. The molecular formula is C17H14Cl3NO4. The van der Waals surface area contributed by atoms with E-state index in [1.54, 1.807) is 12.1 Å². The maximum absolute atomic E-state index is 12.4. The Kier molecular flexibility index (Phi) is 7.08. The number of benzene rings is 2. The second-order valence-electron chi connectivity index (χ2n) is 4.88. The van der Waals surface area contributed by atoms with Crippen molar-refractivity contribution in [2.24, 2.45) is 0 Å². The fourth-order valence-corrected chi connectivity index (χ4v) is 2.62. The molecule has 0 unspecified atom stereocenters. The van der Waals surface area contributed by atoms with Crippen LogP contribution < -0.4 is 5.32 Å². The van der Waals surface area contributed by atoms with E-state index in [9.17, 15) is 9.59 Å². The monoisotopic (exact) mass is 401 g/mol. The molecule has 2 aromatic carbocycles. The van der Waals surface area contributed by atoms with Crippen LogP contribution >= 0.6 is 34.8 Å². The van der Waals surface area contributed by atoms with Crippen LogP contribution in [0, 0.1) is 0 Å². The van der Waals surface area contributed by atoms with Gasteiger partial charge in [-0.1, -0.05) is 34.8 Å². The molecule has 25 heavy (non-hydrogen) atoms. The highest BCUT2D eigenvalue weighted by Gasteiger charge is 2.17. The molecule has 0 saturated heterocycles. The minimum atomic E-state index is -0.507. The van der Waals surface area contributed by atoms with Crippen LogP contribution in [0.4, 0.5) is 5.69 Å². The van der Waals surface area contributed by atoms with Crippen molar-refractivity contribution in [3.05, 3.63) is 62.6 Å². The largest absolute Gasteiger partial charge is 0.460 e. The predicted octanol–water partition coefficient (Wildman–Crippen LogP) is 4.70. The van der Waals surface area contributed by atoms with Crippen LogP contribution in [0.3, 0.4) is 0 Å². The fraction of sp³-hybridized carbons (Fsp3) is 0.176. The van der Waals surface area contributed by atoms with Crippen LogP contribution in [0.5, 0.6) is 0 Å². The Morgan fingerprint density at radius 3 is 2.24 bits per heavy atom. The molecule has 132 valence electrons. The highest BCUT2D eigenvalue weighted by molar-refractivity contribution is 6.46. The molecule has 0 aliphatic rings. The van der Waals surface area contributed by atoms with Gasteiger partial charge in [-0.3, -0.25) is 4.79 Å². The van der Waals surface area contributed by atoms with E-state index in [0.717, 1.165) is 0 Å². The van der Waals surface area contributed by atoms with Gasteiger partial charge in [-0.05, 0) is 36.4 Å². The van der Waals surface area contributed by atoms with Gasteiger partial charge in [0.15, 0.2) is 0 Å². The number of halogens is 3. The van der Waals surface area contributed by atoms with Gasteiger partial charge in [-0.15, -0.1) is 0 Å². The average molecular weight is 403 g/mol. The van der Waals surface area contributed by atoms with Crippen molar-refractivity contribution in [3.63, 3.8) is 0 Å². The van der Waals surface area contributed by atoms with Gasteiger partial charge in [0.2, 0.25) is 0 Å². The molecule has 1 amide bonds. The third-order valence-electron chi connectivity index (χ3n) is 3.17. The number of carbonyl (C=O) groups is 2. The molecule has 5 nitrogen and oxygen atoms in total. The summed E-state index contributed by atoms with van der Waals surface area (Å²) < 4.78 is 9.81. The molecule has 0 bridgehead atoms. The van der Waals surface area contributed by atoms with Gasteiger partial charge >= 0.3 is 5.97 Å². The average Bonchev–Trinajstić information content (AvgIpc) is 2.59. The second kappa shape index (κ2) is 9.06. The summed E-state index contributed by atoms with van der Waals surface area (Å²) in [6.07, 6.45) is 0. The zero-order valence-corrected chi connectivity index (χ0v) is 15.4. The van der Waals surface area contributed by atoms with Gasteiger partial charge in [0.25, 0.3) is 5.91 Å². The minimum Gasteiger partial charge on any atom is -0.460 e. The van der Waals surface area contributed by atoms with E-state index in [1.165, 1.54) is 31.4 Å². The Labute approximate surface area is 159 Å². The predicted molar refractivity (Wildman–Crippen MR) is 98.0 cm³/mol. The first-order valence-corrected chi connectivity index (χ1v) is 8.28. The van der Waals surface area contributed by atoms with Crippen LogP contribution in [-0.2, 0) is 9.47 Å². The molecule has 0 radical (unpaired) electrons. The Hall–Kier alpha value is -1.79. The number of anilines is 1. The third-order valence-corrected chi connectivity index (χ3v) is 4.29. The van der Waals surface area contributed by atoms with Crippen LogP contribution in [-0.4, -0.2) is 32.2 Å². The van der Waals surface area contributed by atoms with Gasteiger partial charge in [0, 0.05) is 12.8 Å². The fourth-order valence-electron chi connectivity index (χ4n) is 1.92. The van der Waals surface area contributed by atoms with Gasteiger partial charge in [-0.25, -0.2) is 4.79 Å². The lowest BCUT2D eigenvalue weighted by Crippen LogP contribution is -2.14. The van der Waals surface area contributed by atoms with Gasteiger partial charge < -0.3 is 14.8 Å². The summed E-state index contributed by atoms with van der Waals surface area (Å²) in [6, 6.07) is 9.20. The normalized spacial score (nSPS) is 10.4. The summed E-state index contributed by atoms with van der Waals surface area (Å²) >= 11 is 18.0. The number of ether oxygens (including phenoxy) is 2. The molecule has 0 spiro atoms. The Morgan fingerprint density at radius 1 is 0.960 bits per heavy atom. The van der Waals surface area contributed by atoms with E-state index in [2.05, 4.69) is 5.32 Å². The molecule has 2 aromatic rings. The summed E-state index contributed by atoms with van der Waals surface area (Å²) in [5.41, 5.74) is 0.900.